The molecular formula is C22H29N3O3S. The first kappa shape index (κ1) is 20.5. The Hall–Kier alpha value is -1.80. The minimum absolute atomic E-state index is 0.0112. The lowest BCUT2D eigenvalue weighted by Gasteiger charge is -2.42. The topological polar surface area (TPSA) is 62.7 Å². The molecule has 1 spiro atoms. The lowest BCUT2D eigenvalue weighted by Crippen LogP contribution is -2.48. The minimum Gasteiger partial charge on any atom is -0.379 e. The van der Waals surface area contributed by atoms with Crippen LogP contribution in [0.5, 0.6) is 0 Å². The molecule has 2 saturated heterocycles. The van der Waals surface area contributed by atoms with Gasteiger partial charge >= 0.3 is 0 Å². The van der Waals surface area contributed by atoms with Gasteiger partial charge in [-0.2, -0.15) is 4.31 Å². The molecule has 2 aromatic rings. The fraction of sp³-hybridized carbons (Fsp3) is 0.500. The zero-order valence-corrected chi connectivity index (χ0v) is 17.8. The second-order valence-corrected chi connectivity index (χ2v) is 10.3. The van der Waals surface area contributed by atoms with E-state index >= 15 is 0 Å². The van der Waals surface area contributed by atoms with Crippen molar-refractivity contribution in [3.63, 3.8) is 0 Å². The van der Waals surface area contributed by atoms with Gasteiger partial charge in [-0.1, -0.05) is 18.2 Å². The fourth-order valence-corrected chi connectivity index (χ4v) is 5.94. The number of aryl methyl sites for hydroxylation is 1. The molecule has 7 heteroatoms. The Balaban J connectivity index is 1.44. The first-order chi connectivity index (χ1) is 14.0. The highest BCUT2D eigenvalue weighted by Gasteiger charge is 2.41. The summed E-state index contributed by atoms with van der Waals surface area (Å²) in [5.41, 5.74) is 2.17. The molecule has 29 heavy (non-hydrogen) atoms. The van der Waals surface area contributed by atoms with Crippen molar-refractivity contribution < 1.29 is 13.2 Å². The summed E-state index contributed by atoms with van der Waals surface area (Å²) >= 11 is 0. The zero-order valence-electron chi connectivity index (χ0n) is 17.0. The Kier molecular flexibility index (Phi) is 6.01. The van der Waals surface area contributed by atoms with E-state index in [0.29, 0.717) is 31.2 Å². The van der Waals surface area contributed by atoms with Crippen LogP contribution < -0.4 is 0 Å². The summed E-state index contributed by atoms with van der Waals surface area (Å²) in [6.45, 7) is 7.10. The lowest BCUT2D eigenvalue weighted by molar-refractivity contribution is 0.0307. The molecule has 0 saturated carbocycles. The Morgan fingerprint density at radius 3 is 2.69 bits per heavy atom. The van der Waals surface area contributed by atoms with Crippen LogP contribution in [-0.2, 0) is 21.3 Å². The first-order valence-electron chi connectivity index (χ1n) is 10.2. The molecule has 156 valence electrons. The summed E-state index contributed by atoms with van der Waals surface area (Å²) in [7, 11) is -3.44. The molecule has 0 atom stereocenters. The first-order valence-corrected chi connectivity index (χ1v) is 11.7. The average molecular weight is 416 g/mol. The molecule has 6 nitrogen and oxygen atoms in total. The van der Waals surface area contributed by atoms with Crippen LogP contribution in [0.1, 0.15) is 24.0 Å². The van der Waals surface area contributed by atoms with Crippen LogP contribution in [-0.4, -0.2) is 62.0 Å². The Labute approximate surface area is 173 Å². The van der Waals surface area contributed by atoms with Gasteiger partial charge in [0.1, 0.15) is 0 Å². The van der Waals surface area contributed by atoms with Crippen molar-refractivity contribution in [2.45, 2.75) is 31.2 Å². The molecule has 1 aromatic carbocycles. The molecule has 2 aliphatic rings. The quantitative estimate of drug-likeness (QED) is 0.768. The molecule has 0 aliphatic carbocycles. The summed E-state index contributed by atoms with van der Waals surface area (Å²) in [5.74, 6) is 0. The number of hydrogen-bond donors (Lipinski definition) is 0. The Bertz CT molecular complexity index is 925. The number of nitrogens with zero attached hydrogens (tertiary/aromatic N) is 3. The van der Waals surface area contributed by atoms with Crippen molar-refractivity contribution >= 4 is 10.0 Å². The Morgan fingerprint density at radius 2 is 1.97 bits per heavy atom. The van der Waals surface area contributed by atoms with Crippen molar-refractivity contribution in [2.75, 3.05) is 39.4 Å². The molecule has 2 aliphatic heterocycles. The maximum Gasteiger partial charge on any atom is 0.243 e. The molecule has 0 radical (unpaired) electrons. The number of sulfonamides is 1. The highest BCUT2D eigenvalue weighted by atomic mass is 32.2. The molecule has 2 fully saturated rings. The van der Waals surface area contributed by atoms with Crippen molar-refractivity contribution in [2.24, 2.45) is 5.41 Å². The highest BCUT2D eigenvalue weighted by molar-refractivity contribution is 7.89. The van der Waals surface area contributed by atoms with Crippen molar-refractivity contribution in [1.82, 2.24) is 14.2 Å². The van der Waals surface area contributed by atoms with E-state index in [0.717, 1.165) is 38.0 Å². The third kappa shape index (κ3) is 4.69. The molecule has 0 bridgehead atoms. The van der Waals surface area contributed by atoms with Gasteiger partial charge in [-0.15, -0.1) is 0 Å². The predicted octanol–water partition coefficient (Wildman–Crippen LogP) is 2.69. The van der Waals surface area contributed by atoms with Crippen LogP contribution in [0.2, 0.25) is 0 Å². The van der Waals surface area contributed by atoms with Gasteiger partial charge in [0.05, 0.1) is 18.1 Å². The largest absolute Gasteiger partial charge is 0.379 e. The van der Waals surface area contributed by atoms with Crippen LogP contribution in [0.4, 0.5) is 0 Å². The summed E-state index contributed by atoms with van der Waals surface area (Å²) in [5, 5.41) is 0. The smallest absolute Gasteiger partial charge is 0.243 e. The SMILES string of the molecule is Cc1cccc(S(=O)(=O)N2CCC3(CC2)COCCN(Cc2cccnc2)C3)c1. The van der Waals surface area contributed by atoms with Crippen LogP contribution in [0.3, 0.4) is 0 Å². The Morgan fingerprint density at radius 1 is 1.14 bits per heavy atom. The van der Waals surface area contributed by atoms with Gasteiger partial charge in [0.25, 0.3) is 0 Å². The molecule has 3 heterocycles. The standard InChI is InChI=1S/C22H29N3O3S/c1-19-4-2-6-21(14-19)29(26,27)25-10-7-22(8-11-25)17-24(12-13-28-18-22)16-20-5-3-9-23-15-20/h2-6,9,14-15H,7-8,10-13,16-18H2,1H3. The van der Waals surface area contributed by atoms with E-state index in [1.54, 1.807) is 22.6 Å². The van der Waals surface area contributed by atoms with E-state index in [9.17, 15) is 8.42 Å². The number of benzene rings is 1. The van der Waals surface area contributed by atoms with Gasteiger partial charge in [-0.25, -0.2) is 8.42 Å². The normalized spacial score (nSPS) is 21.1. The van der Waals surface area contributed by atoms with Crippen LogP contribution in [0.15, 0.2) is 53.7 Å². The van der Waals surface area contributed by atoms with Gasteiger partial charge in [0.15, 0.2) is 0 Å². The maximum absolute atomic E-state index is 13.1. The van der Waals surface area contributed by atoms with Crippen LogP contribution in [0.25, 0.3) is 0 Å². The summed E-state index contributed by atoms with van der Waals surface area (Å²) in [6, 6.07) is 11.2. The van der Waals surface area contributed by atoms with Gasteiger partial charge in [-0.05, 0) is 49.1 Å². The predicted molar refractivity (Wildman–Crippen MR) is 112 cm³/mol. The second-order valence-electron chi connectivity index (χ2n) is 8.35. The summed E-state index contributed by atoms with van der Waals surface area (Å²) in [6.07, 6.45) is 5.35. The van der Waals surface area contributed by atoms with Gasteiger partial charge in [0, 0.05) is 50.5 Å². The molecule has 1 aromatic heterocycles. The van der Waals surface area contributed by atoms with E-state index in [1.165, 1.54) is 5.56 Å². The van der Waals surface area contributed by atoms with E-state index in [4.69, 9.17) is 4.74 Å². The van der Waals surface area contributed by atoms with Crippen molar-refractivity contribution in [3.05, 3.63) is 59.9 Å². The number of pyridine rings is 1. The molecule has 0 amide bonds. The fourth-order valence-electron chi connectivity index (χ4n) is 4.39. The molecular weight excluding hydrogens is 386 g/mol. The average Bonchev–Trinajstić information content (AvgIpc) is 2.91. The van der Waals surface area contributed by atoms with Crippen LogP contribution in [0, 0.1) is 12.3 Å². The van der Waals surface area contributed by atoms with Crippen LogP contribution >= 0.6 is 0 Å². The third-order valence-corrected chi connectivity index (χ3v) is 7.95. The van der Waals surface area contributed by atoms with E-state index in [2.05, 4.69) is 16.0 Å². The number of hydrogen-bond acceptors (Lipinski definition) is 5. The minimum atomic E-state index is -3.44. The van der Waals surface area contributed by atoms with Crippen molar-refractivity contribution in [3.8, 4) is 0 Å². The molecule has 4 rings (SSSR count). The number of ether oxygens (including phenoxy) is 1. The lowest BCUT2D eigenvalue weighted by atomic mass is 9.79. The van der Waals surface area contributed by atoms with E-state index in [-0.39, 0.29) is 5.41 Å². The van der Waals surface area contributed by atoms with E-state index in [1.807, 2.05) is 31.3 Å². The van der Waals surface area contributed by atoms with E-state index < -0.39 is 10.0 Å². The molecule has 0 unspecified atom stereocenters. The molecule has 0 N–H and O–H groups in total. The zero-order chi connectivity index (χ0) is 20.3. The van der Waals surface area contributed by atoms with Gasteiger partial charge in [0.2, 0.25) is 10.0 Å². The number of aromatic nitrogens is 1. The third-order valence-electron chi connectivity index (χ3n) is 6.06. The summed E-state index contributed by atoms with van der Waals surface area (Å²) < 4.78 is 33.7. The summed E-state index contributed by atoms with van der Waals surface area (Å²) in [4.78, 5) is 7.04. The monoisotopic (exact) mass is 415 g/mol. The number of piperidine rings is 1. The van der Waals surface area contributed by atoms with Gasteiger partial charge < -0.3 is 4.74 Å². The van der Waals surface area contributed by atoms with Crippen molar-refractivity contribution in [1.29, 1.82) is 0 Å². The maximum atomic E-state index is 13.1. The highest BCUT2D eigenvalue weighted by Crippen LogP contribution is 2.36. The second kappa shape index (κ2) is 8.52. The van der Waals surface area contributed by atoms with Gasteiger partial charge in [-0.3, -0.25) is 9.88 Å². The number of rotatable bonds is 4.